The SMILES string of the molecule is CCC1(CC)c2ccc(C[C@@H](C)N(C[C@@H](O)c3cccc(Cl)c3)C(C)=O)cc2CC1(C(=O)O)C(=O)O. The fourth-order valence-corrected chi connectivity index (χ4v) is 6.23. The van der Waals surface area contributed by atoms with Gasteiger partial charge in [-0.05, 0) is 60.6 Å². The third kappa shape index (κ3) is 4.62. The molecule has 1 amide bonds. The van der Waals surface area contributed by atoms with Crippen LogP contribution < -0.4 is 0 Å². The number of halogens is 1. The van der Waals surface area contributed by atoms with Crippen molar-refractivity contribution in [3.8, 4) is 0 Å². The lowest BCUT2D eigenvalue weighted by Gasteiger charge is -2.39. The van der Waals surface area contributed by atoms with E-state index in [-0.39, 0.29) is 24.9 Å². The maximum Gasteiger partial charge on any atom is 0.322 e. The van der Waals surface area contributed by atoms with Gasteiger partial charge in [0.15, 0.2) is 5.41 Å². The van der Waals surface area contributed by atoms with Crippen LogP contribution in [0.1, 0.15) is 68.9 Å². The molecule has 0 unspecified atom stereocenters. The van der Waals surface area contributed by atoms with E-state index in [1.165, 1.54) is 6.92 Å². The third-order valence-electron chi connectivity index (χ3n) is 7.97. The summed E-state index contributed by atoms with van der Waals surface area (Å²) in [6.07, 6.45) is 0.264. The molecule has 0 aliphatic heterocycles. The fraction of sp³-hybridized carbons (Fsp3) is 0.464. The Hall–Kier alpha value is -2.90. The standard InChI is InChI=1S/C28H34ClNO6/c1-5-27(6-2)23-11-10-19(13-21(23)15-28(27,25(33)34)26(35)36)12-17(3)30(18(4)31)16-24(32)20-8-7-9-22(29)14-20/h7-11,13-14,17,24,32H,5-6,12,15-16H2,1-4H3,(H,33,34)(H,35,36)/t17-,24-/m1/s1. The second-order valence-corrected chi connectivity index (χ2v) is 10.2. The van der Waals surface area contributed by atoms with Crippen LogP contribution in [0.3, 0.4) is 0 Å². The zero-order valence-corrected chi connectivity index (χ0v) is 21.9. The number of aliphatic hydroxyl groups is 1. The summed E-state index contributed by atoms with van der Waals surface area (Å²) in [5.74, 6) is -2.82. The second-order valence-electron chi connectivity index (χ2n) is 9.77. The largest absolute Gasteiger partial charge is 0.480 e. The minimum atomic E-state index is -1.92. The highest BCUT2D eigenvalue weighted by Crippen LogP contribution is 2.56. The minimum Gasteiger partial charge on any atom is -0.480 e. The molecule has 2 aromatic rings. The van der Waals surface area contributed by atoms with E-state index in [2.05, 4.69) is 0 Å². The third-order valence-corrected chi connectivity index (χ3v) is 8.20. The number of nitrogens with zero attached hydrogens (tertiary/aromatic N) is 1. The van der Waals surface area contributed by atoms with Crippen molar-refractivity contribution in [2.24, 2.45) is 5.41 Å². The first kappa shape index (κ1) is 27.7. The number of aliphatic carboxylic acids is 2. The van der Waals surface area contributed by atoms with Crippen molar-refractivity contribution >= 4 is 29.4 Å². The number of amides is 1. The van der Waals surface area contributed by atoms with Crippen LogP contribution in [0.15, 0.2) is 42.5 Å². The number of hydrogen-bond donors (Lipinski definition) is 3. The van der Waals surface area contributed by atoms with E-state index < -0.39 is 28.9 Å². The van der Waals surface area contributed by atoms with Crippen LogP contribution in [0.2, 0.25) is 5.02 Å². The average molecular weight is 516 g/mol. The van der Waals surface area contributed by atoms with Crippen LogP contribution in [0.4, 0.5) is 0 Å². The summed E-state index contributed by atoms with van der Waals surface area (Å²) in [5, 5.41) is 31.4. The van der Waals surface area contributed by atoms with Crippen LogP contribution in [-0.2, 0) is 32.6 Å². The molecule has 3 N–H and O–H groups in total. The van der Waals surface area contributed by atoms with E-state index in [1.54, 1.807) is 29.2 Å². The molecule has 0 bridgehead atoms. The molecule has 8 heteroatoms. The van der Waals surface area contributed by atoms with Gasteiger partial charge in [0.25, 0.3) is 0 Å². The Morgan fingerprint density at radius 3 is 2.22 bits per heavy atom. The maximum atomic E-state index is 12.5. The molecule has 0 aromatic heterocycles. The van der Waals surface area contributed by atoms with Gasteiger partial charge in [-0.1, -0.05) is 55.8 Å². The fourth-order valence-electron chi connectivity index (χ4n) is 6.03. The maximum absolute atomic E-state index is 12.5. The van der Waals surface area contributed by atoms with Crippen molar-refractivity contribution in [2.75, 3.05) is 6.54 Å². The predicted molar refractivity (Wildman–Crippen MR) is 137 cm³/mol. The first-order chi connectivity index (χ1) is 16.9. The van der Waals surface area contributed by atoms with Crippen molar-refractivity contribution in [2.45, 2.75) is 70.9 Å². The van der Waals surface area contributed by atoms with Gasteiger partial charge in [-0.3, -0.25) is 14.4 Å². The van der Waals surface area contributed by atoms with E-state index in [9.17, 15) is 29.7 Å². The van der Waals surface area contributed by atoms with Gasteiger partial charge in [0.2, 0.25) is 5.91 Å². The Kier molecular flexibility index (Phi) is 8.16. The molecule has 0 saturated heterocycles. The number of fused-ring (bicyclic) bond motifs is 1. The van der Waals surface area contributed by atoms with Crippen LogP contribution in [-0.4, -0.2) is 50.7 Å². The van der Waals surface area contributed by atoms with Crippen molar-refractivity contribution in [3.63, 3.8) is 0 Å². The number of hydrogen-bond acceptors (Lipinski definition) is 4. The molecular weight excluding hydrogens is 482 g/mol. The Balaban J connectivity index is 1.89. The van der Waals surface area contributed by atoms with Gasteiger partial charge in [0.05, 0.1) is 12.6 Å². The van der Waals surface area contributed by atoms with Crippen molar-refractivity contribution in [1.82, 2.24) is 4.90 Å². The zero-order valence-electron chi connectivity index (χ0n) is 21.1. The van der Waals surface area contributed by atoms with Gasteiger partial charge < -0.3 is 20.2 Å². The van der Waals surface area contributed by atoms with Crippen molar-refractivity contribution in [3.05, 3.63) is 69.7 Å². The molecule has 1 aliphatic rings. The Morgan fingerprint density at radius 2 is 1.69 bits per heavy atom. The van der Waals surface area contributed by atoms with E-state index in [0.29, 0.717) is 29.8 Å². The summed E-state index contributed by atoms with van der Waals surface area (Å²) in [5.41, 5.74) is 0.0618. The molecule has 7 nitrogen and oxygen atoms in total. The molecule has 0 saturated carbocycles. The number of aliphatic hydroxyl groups excluding tert-OH is 1. The van der Waals surface area contributed by atoms with Crippen LogP contribution >= 0.6 is 11.6 Å². The van der Waals surface area contributed by atoms with Gasteiger partial charge in [0.1, 0.15) is 0 Å². The Bertz CT molecular complexity index is 1140. The highest BCUT2D eigenvalue weighted by atomic mass is 35.5. The molecule has 194 valence electrons. The molecule has 0 heterocycles. The van der Waals surface area contributed by atoms with E-state index in [1.807, 2.05) is 39.0 Å². The minimum absolute atomic E-state index is 0.0825. The number of carbonyl (C=O) groups excluding carboxylic acids is 1. The van der Waals surface area contributed by atoms with Crippen molar-refractivity contribution < 1.29 is 29.7 Å². The van der Waals surface area contributed by atoms with Crippen LogP contribution in [0, 0.1) is 5.41 Å². The molecule has 36 heavy (non-hydrogen) atoms. The molecular formula is C28H34ClNO6. The lowest BCUT2D eigenvalue weighted by atomic mass is 9.60. The van der Waals surface area contributed by atoms with E-state index >= 15 is 0 Å². The van der Waals surface area contributed by atoms with E-state index in [4.69, 9.17) is 11.6 Å². The number of rotatable bonds is 10. The second kappa shape index (κ2) is 10.6. The zero-order chi connectivity index (χ0) is 26.8. The highest BCUT2D eigenvalue weighted by Gasteiger charge is 2.65. The van der Waals surface area contributed by atoms with Gasteiger partial charge in [0, 0.05) is 29.8 Å². The number of carboxylic acid groups (broad SMARTS) is 2. The monoisotopic (exact) mass is 515 g/mol. The Labute approximate surface area is 216 Å². The summed E-state index contributed by atoms with van der Waals surface area (Å²) in [6.45, 7) is 7.11. The smallest absolute Gasteiger partial charge is 0.322 e. The Morgan fingerprint density at radius 1 is 1.06 bits per heavy atom. The highest BCUT2D eigenvalue weighted by molar-refractivity contribution is 6.30. The summed E-state index contributed by atoms with van der Waals surface area (Å²) in [7, 11) is 0. The molecule has 0 radical (unpaired) electrons. The average Bonchev–Trinajstić information content (AvgIpc) is 3.13. The normalized spacial score (nSPS) is 17.2. The number of benzene rings is 2. The topological polar surface area (TPSA) is 115 Å². The van der Waals surface area contributed by atoms with Crippen LogP contribution in [0.25, 0.3) is 0 Å². The van der Waals surface area contributed by atoms with Gasteiger partial charge in [-0.2, -0.15) is 0 Å². The molecule has 1 aliphatic carbocycles. The van der Waals surface area contributed by atoms with Gasteiger partial charge in [-0.15, -0.1) is 0 Å². The molecule has 2 atom stereocenters. The molecule has 0 spiro atoms. The first-order valence-electron chi connectivity index (χ1n) is 12.2. The van der Waals surface area contributed by atoms with Gasteiger partial charge >= 0.3 is 11.9 Å². The lowest BCUT2D eigenvalue weighted by Crippen LogP contribution is -2.53. The van der Waals surface area contributed by atoms with Gasteiger partial charge in [-0.25, -0.2) is 0 Å². The molecule has 2 aromatic carbocycles. The first-order valence-corrected chi connectivity index (χ1v) is 12.6. The van der Waals surface area contributed by atoms with Crippen LogP contribution in [0.5, 0.6) is 0 Å². The lowest BCUT2D eigenvalue weighted by molar-refractivity contribution is -0.170. The number of carboxylic acids is 2. The number of carbonyl (C=O) groups is 3. The summed E-state index contributed by atoms with van der Waals surface area (Å²) >= 11 is 6.04. The summed E-state index contributed by atoms with van der Waals surface area (Å²) < 4.78 is 0. The summed E-state index contributed by atoms with van der Waals surface area (Å²) in [4.78, 5) is 38.8. The quantitative estimate of drug-likeness (QED) is 0.398. The summed E-state index contributed by atoms with van der Waals surface area (Å²) in [6, 6.07) is 12.2. The molecule has 0 fully saturated rings. The van der Waals surface area contributed by atoms with E-state index in [0.717, 1.165) is 16.7 Å². The van der Waals surface area contributed by atoms with Crippen molar-refractivity contribution in [1.29, 1.82) is 0 Å². The predicted octanol–water partition coefficient (Wildman–Crippen LogP) is 4.62. The molecule has 3 rings (SSSR count).